The van der Waals surface area contributed by atoms with E-state index in [1.807, 2.05) is 0 Å². The highest BCUT2D eigenvalue weighted by atomic mass is 15.1. The smallest absolute Gasteiger partial charge is 0.0540 e. The lowest BCUT2D eigenvalue weighted by atomic mass is 9.78. The fraction of sp³-hybridized carbons (Fsp3) is 0.258. The van der Waals surface area contributed by atoms with E-state index in [1.54, 1.807) is 0 Å². The van der Waals surface area contributed by atoms with Crippen molar-refractivity contribution in [3.8, 4) is 44.5 Å². The van der Waals surface area contributed by atoms with E-state index in [0.717, 1.165) is 17.1 Å². The Hall–Kier alpha value is -6.18. The number of nitrogens with zero attached hydrogens (tertiary/aromatic N) is 1. The van der Waals surface area contributed by atoms with Crippen molar-refractivity contribution in [1.29, 1.82) is 0 Å². The Morgan fingerprint density at radius 3 is 1.05 bits per heavy atom. The van der Waals surface area contributed by atoms with Crippen LogP contribution in [0.2, 0.25) is 0 Å². The summed E-state index contributed by atoms with van der Waals surface area (Å²) in [6.45, 7) is 27.9. The van der Waals surface area contributed by atoms with Crippen molar-refractivity contribution in [2.45, 2.75) is 105 Å². The van der Waals surface area contributed by atoms with Gasteiger partial charge in [-0.2, -0.15) is 0 Å². The van der Waals surface area contributed by atoms with Gasteiger partial charge in [0.05, 0.1) is 17.1 Å². The van der Waals surface area contributed by atoms with E-state index in [2.05, 4.69) is 264 Å². The van der Waals surface area contributed by atoms with Gasteiger partial charge in [-0.25, -0.2) is 0 Å². The minimum atomic E-state index is -0.0245. The standard InChI is InChI=1S/C62H65N/c1-59(2,3)46-36-44(37-47(40-46)60(4,5)6)51-29-17-20-34-56(51)63(55-33-19-16-28-50(55)42-24-14-13-15-25-42)57-35-21-18-30-53(57)54-32-23-27-43-26-22-31-52(58(43)54)45-38-48(61(7,8)9)41-49(39-45)62(10,11)12/h13-41H,1-12H3. The summed E-state index contributed by atoms with van der Waals surface area (Å²) in [7, 11) is 0. The van der Waals surface area contributed by atoms with Crippen molar-refractivity contribution >= 4 is 27.8 Å². The molecule has 0 aliphatic rings. The maximum atomic E-state index is 2.53. The third-order valence-electron chi connectivity index (χ3n) is 12.7. The van der Waals surface area contributed by atoms with Crippen LogP contribution in [0.15, 0.2) is 176 Å². The lowest BCUT2D eigenvalue weighted by molar-refractivity contribution is 0.568. The molecule has 0 N–H and O–H groups in total. The molecule has 0 bridgehead atoms. The van der Waals surface area contributed by atoms with Crippen LogP contribution in [0.4, 0.5) is 17.1 Å². The molecule has 0 fully saturated rings. The molecule has 8 aromatic carbocycles. The fourth-order valence-electron chi connectivity index (χ4n) is 8.83. The first kappa shape index (κ1) is 43.5. The van der Waals surface area contributed by atoms with Crippen LogP contribution in [-0.2, 0) is 21.7 Å². The van der Waals surface area contributed by atoms with Gasteiger partial charge >= 0.3 is 0 Å². The highest BCUT2D eigenvalue weighted by Crippen LogP contribution is 2.50. The number of para-hydroxylation sites is 3. The van der Waals surface area contributed by atoms with E-state index < -0.39 is 0 Å². The molecule has 0 atom stereocenters. The van der Waals surface area contributed by atoms with E-state index in [1.165, 1.54) is 77.5 Å². The second kappa shape index (κ2) is 16.5. The van der Waals surface area contributed by atoms with E-state index in [0.29, 0.717) is 0 Å². The zero-order valence-corrected chi connectivity index (χ0v) is 39.7. The van der Waals surface area contributed by atoms with Crippen LogP contribution in [0.5, 0.6) is 0 Å². The van der Waals surface area contributed by atoms with E-state index in [-0.39, 0.29) is 21.7 Å². The Labute approximate surface area is 378 Å². The number of hydrogen-bond donors (Lipinski definition) is 0. The number of fused-ring (bicyclic) bond motifs is 1. The van der Waals surface area contributed by atoms with E-state index >= 15 is 0 Å². The van der Waals surface area contributed by atoms with Gasteiger partial charge in [-0.1, -0.05) is 241 Å². The average molecular weight is 824 g/mol. The summed E-state index contributed by atoms with van der Waals surface area (Å²) in [5, 5.41) is 2.49. The molecular formula is C62H65N. The molecule has 0 spiro atoms. The normalized spacial score (nSPS) is 12.4. The number of anilines is 3. The number of rotatable bonds is 7. The first-order valence-electron chi connectivity index (χ1n) is 22.8. The highest BCUT2D eigenvalue weighted by Gasteiger charge is 2.27. The van der Waals surface area contributed by atoms with Crippen molar-refractivity contribution < 1.29 is 0 Å². The first-order chi connectivity index (χ1) is 29.8. The summed E-state index contributed by atoms with van der Waals surface area (Å²) in [5.74, 6) is 0. The van der Waals surface area contributed by atoms with Gasteiger partial charge in [-0.15, -0.1) is 0 Å². The van der Waals surface area contributed by atoms with Crippen molar-refractivity contribution in [3.05, 3.63) is 198 Å². The van der Waals surface area contributed by atoms with Gasteiger partial charge in [0.15, 0.2) is 0 Å². The highest BCUT2D eigenvalue weighted by molar-refractivity contribution is 6.09. The molecule has 0 radical (unpaired) electrons. The molecule has 0 aromatic heterocycles. The minimum absolute atomic E-state index is 0.00386. The lowest BCUT2D eigenvalue weighted by Crippen LogP contribution is -2.17. The number of hydrogen-bond acceptors (Lipinski definition) is 1. The topological polar surface area (TPSA) is 3.24 Å². The van der Waals surface area contributed by atoms with Crippen LogP contribution in [0, 0.1) is 0 Å². The SMILES string of the molecule is CC(C)(C)c1cc(-c2ccccc2N(c2ccccc2-c2ccccc2)c2ccccc2-c2cccc3cccc(-c4cc(C(C)(C)C)cc(C(C)(C)C)c4)c23)cc(C(C)(C)C)c1. The molecular weight excluding hydrogens is 759 g/mol. The number of benzene rings is 8. The monoisotopic (exact) mass is 824 g/mol. The van der Waals surface area contributed by atoms with Crippen molar-refractivity contribution in [2.75, 3.05) is 4.90 Å². The van der Waals surface area contributed by atoms with Gasteiger partial charge in [0.2, 0.25) is 0 Å². The molecule has 8 aromatic rings. The molecule has 0 heterocycles. The van der Waals surface area contributed by atoms with Crippen LogP contribution in [-0.4, -0.2) is 0 Å². The third kappa shape index (κ3) is 8.90. The molecule has 0 aliphatic heterocycles. The molecule has 0 aliphatic carbocycles. The fourth-order valence-corrected chi connectivity index (χ4v) is 8.83. The van der Waals surface area contributed by atoms with E-state index in [4.69, 9.17) is 0 Å². The Bertz CT molecular complexity index is 2850. The molecule has 0 amide bonds. The first-order valence-corrected chi connectivity index (χ1v) is 22.8. The lowest BCUT2D eigenvalue weighted by Gasteiger charge is -2.32. The Morgan fingerprint density at radius 1 is 0.270 bits per heavy atom. The Balaban J connectivity index is 1.45. The molecule has 0 saturated heterocycles. The van der Waals surface area contributed by atoms with Crippen LogP contribution in [0.1, 0.15) is 105 Å². The summed E-state index contributed by atoms with van der Waals surface area (Å²) < 4.78 is 0. The molecule has 1 nitrogen and oxygen atoms in total. The Morgan fingerprint density at radius 2 is 0.603 bits per heavy atom. The third-order valence-corrected chi connectivity index (χ3v) is 12.7. The van der Waals surface area contributed by atoms with Crippen molar-refractivity contribution in [2.24, 2.45) is 0 Å². The van der Waals surface area contributed by atoms with Crippen molar-refractivity contribution in [3.63, 3.8) is 0 Å². The van der Waals surface area contributed by atoms with Gasteiger partial charge in [0, 0.05) is 16.7 Å². The van der Waals surface area contributed by atoms with E-state index in [9.17, 15) is 0 Å². The molecule has 318 valence electrons. The minimum Gasteiger partial charge on any atom is -0.309 e. The second-order valence-corrected chi connectivity index (χ2v) is 21.6. The molecule has 1 heteroatoms. The maximum Gasteiger partial charge on any atom is 0.0540 e. The maximum absolute atomic E-state index is 2.53. The second-order valence-electron chi connectivity index (χ2n) is 21.6. The molecule has 0 saturated carbocycles. The average Bonchev–Trinajstić information content (AvgIpc) is 3.25. The summed E-state index contributed by atoms with van der Waals surface area (Å²) >= 11 is 0. The van der Waals surface area contributed by atoms with Gasteiger partial charge in [0.25, 0.3) is 0 Å². The molecule has 8 rings (SSSR count). The van der Waals surface area contributed by atoms with Crippen LogP contribution in [0.25, 0.3) is 55.3 Å². The van der Waals surface area contributed by atoms with Crippen LogP contribution < -0.4 is 4.90 Å². The summed E-state index contributed by atoms with van der Waals surface area (Å²) in [6, 6.07) is 66.0. The summed E-state index contributed by atoms with van der Waals surface area (Å²) in [5.41, 5.74) is 18.4. The van der Waals surface area contributed by atoms with Crippen molar-refractivity contribution in [1.82, 2.24) is 0 Å². The van der Waals surface area contributed by atoms with Gasteiger partial charge in [-0.3, -0.25) is 0 Å². The largest absolute Gasteiger partial charge is 0.309 e. The molecule has 0 unspecified atom stereocenters. The Kier molecular flexibility index (Phi) is 11.4. The predicted octanol–water partition coefficient (Wildman–Crippen LogP) is 18.2. The summed E-state index contributed by atoms with van der Waals surface area (Å²) in [4.78, 5) is 2.53. The van der Waals surface area contributed by atoms with Gasteiger partial charge < -0.3 is 4.90 Å². The van der Waals surface area contributed by atoms with Crippen LogP contribution >= 0.6 is 0 Å². The zero-order valence-electron chi connectivity index (χ0n) is 39.7. The molecule has 63 heavy (non-hydrogen) atoms. The summed E-state index contributed by atoms with van der Waals surface area (Å²) in [6.07, 6.45) is 0. The van der Waals surface area contributed by atoms with Gasteiger partial charge in [-0.05, 0) is 101 Å². The van der Waals surface area contributed by atoms with Crippen LogP contribution in [0.3, 0.4) is 0 Å². The zero-order chi connectivity index (χ0) is 44.9. The van der Waals surface area contributed by atoms with Gasteiger partial charge in [0.1, 0.15) is 0 Å². The predicted molar refractivity (Wildman–Crippen MR) is 275 cm³/mol. The quantitative estimate of drug-likeness (QED) is 0.155.